The van der Waals surface area contributed by atoms with E-state index in [0.717, 1.165) is 31.2 Å². The Morgan fingerprint density at radius 2 is 1.41 bits per heavy atom. The van der Waals surface area contributed by atoms with Crippen molar-refractivity contribution < 1.29 is 4.79 Å². The number of rotatable bonds is 8. The third-order valence-corrected chi connectivity index (χ3v) is 5.08. The first kappa shape index (κ1) is 25.4. The second kappa shape index (κ2) is 13.5. The lowest BCUT2D eigenvalue weighted by Gasteiger charge is -2.20. The van der Waals surface area contributed by atoms with E-state index in [9.17, 15) is 4.79 Å². The molecule has 1 amide bonds. The number of anilines is 1. The standard InChI is InChI=1S/C26H30N4O.HI/c1-20(31)30-24-15-13-21(14-16-24)17-18-28-26(27-2)29-19-25(22-9-5-3-6-10-22)23-11-7-4-8-12-23;/h3-16,25H,17-19H2,1-2H3,(H,30,31)(H2,27,28,29);1H. The van der Waals surface area contributed by atoms with Gasteiger partial charge in [0.25, 0.3) is 0 Å². The van der Waals surface area contributed by atoms with Crippen molar-refractivity contribution in [2.24, 2.45) is 4.99 Å². The lowest BCUT2D eigenvalue weighted by molar-refractivity contribution is -0.114. The number of amides is 1. The zero-order chi connectivity index (χ0) is 21.9. The molecular weight excluding hydrogens is 511 g/mol. The smallest absolute Gasteiger partial charge is 0.221 e. The van der Waals surface area contributed by atoms with Gasteiger partial charge >= 0.3 is 0 Å². The number of halogens is 1. The maximum atomic E-state index is 11.1. The fourth-order valence-electron chi connectivity index (χ4n) is 3.50. The summed E-state index contributed by atoms with van der Waals surface area (Å²) in [6.45, 7) is 3.02. The van der Waals surface area contributed by atoms with Crippen molar-refractivity contribution in [1.29, 1.82) is 0 Å². The average Bonchev–Trinajstić information content (AvgIpc) is 2.80. The Morgan fingerprint density at radius 3 is 1.91 bits per heavy atom. The summed E-state index contributed by atoms with van der Waals surface area (Å²) in [4.78, 5) is 15.5. The maximum Gasteiger partial charge on any atom is 0.221 e. The first-order valence-corrected chi connectivity index (χ1v) is 10.6. The van der Waals surface area contributed by atoms with Crippen LogP contribution in [0.5, 0.6) is 0 Å². The van der Waals surface area contributed by atoms with Crippen LogP contribution in [-0.4, -0.2) is 32.0 Å². The van der Waals surface area contributed by atoms with Crippen LogP contribution in [0.25, 0.3) is 0 Å². The summed E-state index contributed by atoms with van der Waals surface area (Å²) in [5.74, 6) is 0.961. The molecule has 6 heteroatoms. The van der Waals surface area contributed by atoms with Gasteiger partial charge in [-0.15, -0.1) is 24.0 Å². The molecule has 0 aromatic heterocycles. The van der Waals surface area contributed by atoms with E-state index in [1.165, 1.54) is 23.6 Å². The van der Waals surface area contributed by atoms with Crippen molar-refractivity contribution in [3.05, 3.63) is 102 Å². The van der Waals surface area contributed by atoms with Gasteiger partial charge in [0.15, 0.2) is 5.96 Å². The van der Waals surface area contributed by atoms with Gasteiger partial charge in [0.2, 0.25) is 5.91 Å². The molecule has 0 unspecified atom stereocenters. The molecule has 0 bridgehead atoms. The zero-order valence-electron chi connectivity index (χ0n) is 18.5. The molecule has 3 N–H and O–H groups in total. The largest absolute Gasteiger partial charge is 0.356 e. The van der Waals surface area contributed by atoms with Crippen LogP contribution in [0.1, 0.15) is 29.5 Å². The SMILES string of the molecule is CN=C(NCCc1ccc(NC(C)=O)cc1)NCC(c1ccccc1)c1ccccc1.I. The summed E-state index contributed by atoms with van der Waals surface area (Å²) in [6.07, 6.45) is 0.863. The van der Waals surface area contributed by atoms with Crippen LogP contribution in [0, 0.1) is 0 Å². The molecule has 0 atom stereocenters. The van der Waals surface area contributed by atoms with Gasteiger partial charge in [-0.1, -0.05) is 72.8 Å². The number of nitrogens with zero attached hydrogens (tertiary/aromatic N) is 1. The van der Waals surface area contributed by atoms with Gasteiger partial charge in [-0.25, -0.2) is 0 Å². The Balaban J connectivity index is 0.00000363. The van der Waals surface area contributed by atoms with Crippen molar-refractivity contribution in [3.63, 3.8) is 0 Å². The van der Waals surface area contributed by atoms with Gasteiger partial charge in [0, 0.05) is 38.7 Å². The molecule has 3 aromatic rings. The minimum atomic E-state index is -0.0615. The summed E-state index contributed by atoms with van der Waals surface area (Å²) in [5.41, 5.74) is 4.56. The molecule has 5 nitrogen and oxygen atoms in total. The van der Waals surface area contributed by atoms with Gasteiger partial charge in [0.1, 0.15) is 0 Å². The molecule has 3 aromatic carbocycles. The Morgan fingerprint density at radius 1 is 0.844 bits per heavy atom. The molecule has 0 aliphatic carbocycles. The second-order valence-corrected chi connectivity index (χ2v) is 7.38. The molecule has 0 heterocycles. The van der Waals surface area contributed by atoms with Crippen molar-refractivity contribution in [3.8, 4) is 0 Å². The van der Waals surface area contributed by atoms with Crippen LogP contribution in [0.4, 0.5) is 5.69 Å². The van der Waals surface area contributed by atoms with E-state index in [0.29, 0.717) is 0 Å². The number of aliphatic imine (C=N–C) groups is 1. The van der Waals surface area contributed by atoms with Gasteiger partial charge < -0.3 is 16.0 Å². The highest BCUT2D eigenvalue weighted by Gasteiger charge is 2.14. The molecular formula is C26H31IN4O. The molecule has 32 heavy (non-hydrogen) atoms. The van der Waals surface area contributed by atoms with Crippen LogP contribution in [0.2, 0.25) is 0 Å². The highest BCUT2D eigenvalue weighted by atomic mass is 127. The number of nitrogens with one attached hydrogen (secondary N) is 3. The normalized spacial score (nSPS) is 10.9. The molecule has 0 spiro atoms. The average molecular weight is 542 g/mol. The van der Waals surface area contributed by atoms with Crippen LogP contribution in [0.15, 0.2) is 89.9 Å². The predicted octanol–water partition coefficient (Wildman–Crippen LogP) is 4.80. The van der Waals surface area contributed by atoms with E-state index in [-0.39, 0.29) is 35.8 Å². The number of carbonyl (C=O) groups is 1. The maximum absolute atomic E-state index is 11.1. The molecule has 0 aliphatic heterocycles. The van der Waals surface area contributed by atoms with Gasteiger partial charge in [-0.2, -0.15) is 0 Å². The number of carbonyl (C=O) groups excluding carboxylic acids is 1. The second-order valence-electron chi connectivity index (χ2n) is 7.38. The summed E-state index contributed by atoms with van der Waals surface area (Å²) in [7, 11) is 1.79. The monoisotopic (exact) mass is 542 g/mol. The molecule has 3 rings (SSSR count). The highest BCUT2D eigenvalue weighted by molar-refractivity contribution is 14.0. The fraction of sp³-hybridized carbons (Fsp3) is 0.231. The van der Waals surface area contributed by atoms with Crippen LogP contribution < -0.4 is 16.0 Å². The van der Waals surface area contributed by atoms with E-state index in [4.69, 9.17) is 0 Å². The topological polar surface area (TPSA) is 65.5 Å². The first-order valence-electron chi connectivity index (χ1n) is 10.6. The van der Waals surface area contributed by atoms with Crippen LogP contribution in [0.3, 0.4) is 0 Å². The number of hydrogen-bond acceptors (Lipinski definition) is 2. The van der Waals surface area contributed by atoms with Gasteiger partial charge in [0.05, 0.1) is 0 Å². The number of benzene rings is 3. The van der Waals surface area contributed by atoms with E-state index in [1.54, 1.807) is 7.05 Å². The van der Waals surface area contributed by atoms with Crippen molar-refractivity contribution in [2.75, 3.05) is 25.5 Å². The van der Waals surface area contributed by atoms with E-state index >= 15 is 0 Å². The summed E-state index contributed by atoms with van der Waals surface area (Å²) in [5, 5.41) is 9.65. The summed E-state index contributed by atoms with van der Waals surface area (Å²) in [6, 6.07) is 29.0. The highest BCUT2D eigenvalue weighted by Crippen LogP contribution is 2.23. The van der Waals surface area contributed by atoms with Gasteiger partial charge in [-0.3, -0.25) is 9.79 Å². The summed E-state index contributed by atoms with van der Waals surface area (Å²) < 4.78 is 0. The number of guanidine groups is 1. The summed E-state index contributed by atoms with van der Waals surface area (Å²) >= 11 is 0. The third-order valence-electron chi connectivity index (χ3n) is 5.08. The fourth-order valence-corrected chi connectivity index (χ4v) is 3.50. The lowest BCUT2D eigenvalue weighted by Crippen LogP contribution is -2.40. The molecule has 0 saturated heterocycles. The minimum Gasteiger partial charge on any atom is -0.356 e. The van der Waals surface area contributed by atoms with E-state index in [1.807, 2.05) is 36.4 Å². The molecule has 0 fully saturated rings. The zero-order valence-corrected chi connectivity index (χ0v) is 20.9. The van der Waals surface area contributed by atoms with E-state index < -0.39 is 0 Å². The van der Waals surface area contributed by atoms with Crippen LogP contribution in [-0.2, 0) is 11.2 Å². The number of hydrogen-bond donors (Lipinski definition) is 3. The van der Waals surface area contributed by atoms with E-state index in [2.05, 4.69) is 69.5 Å². The quantitative estimate of drug-likeness (QED) is 0.218. The van der Waals surface area contributed by atoms with Crippen LogP contribution >= 0.6 is 24.0 Å². The first-order chi connectivity index (χ1) is 15.2. The Hall–Kier alpha value is -2.87. The Labute approximate surface area is 207 Å². The third kappa shape index (κ3) is 8.00. The molecule has 0 aliphatic rings. The van der Waals surface area contributed by atoms with Crippen molar-refractivity contribution >= 4 is 41.5 Å². The lowest BCUT2D eigenvalue weighted by atomic mass is 9.91. The van der Waals surface area contributed by atoms with Crippen molar-refractivity contribution in [1.82, 2.24) is 10.6 Å². The van der Waals surface area contributed by atoms with Crippen molar-refractivity contribution in [2.45, 2.75) is 19.3 Å². The molecule has 168 valence electrons. The molecule has 0 radical (unpaired) electrons. The van der Waals surface area contributed by atoms with Gasteiger partial charge in [-0.05, 0) is 35.2 Å². The predicted molar refractivity (Wildman–Crippen MR) is 144 cm³/mol. The Kier molecular flexibility index (Phi) is 10.7. The molecule has 0 saturated carbocycles. The minimum absolute atomic E-state index is 0. The Bertz CT molecular complexity index is 936.